The van der Waals surface area contributed by atoms with Crippen LogP contribution >= 0.6 is 0 Å². The first-order valence-electron chi connectivity index (χ1n) is 6.93. The zero-order valence-electron chi connectivity index (χ0n) is 11.2. The van der Waals surface area contributed by atoms with Crippen LogP contribution in [0.15, 0.2) is 24.3 Å². The van der Waals surface area contributed by atoms with Crippen LogP contribution in [0.25, 0.3) is 0 Å². The lowest BCUT2D eigenvalue weighted by atomic mass is 10.1. The Morgan fingerprint density at radius 3 is 2.53 bits per heavy atom. The van der Waals surface area contributed by atoms with Crippen LogP contribution in [-0.4, -0.2) is 6.61 Å². The van der Waals surface area contributed by atoms with Crippen LogP contribution < -0.4 is 4.74 Å². The topological polar surface area (TPSA) is 9.23 Å². The van der Waals surface area contributed by atoms with E-state index in [-0.39, 0.29) is 0 Å². The number of ether oxygens (including phenoxy) is 1. The smallest absolute Gasteiger partial charge is 0.122 e. The van der Waals surface area contributed by atoms with Gasteiger partial charge in [0.25, 0.3) is 0 Å². The standard InChI is InChI=1S/C16H25O/c1-3-5-7-11-15-12-8-9-13-16(15)17-14-10-6-4-2/h8-9,11-13H,3-7,10,14H2,1-2H3. The summed E-state index contributed by atoms with van der Waals surface area (Å²) in [5.74, 6) is 1.04. The van der Waals surface area contributed by atoms with E-state index in [4.69, 9.17) is 4.74 Å². The van der Waals surface area contributed by atoms with Crippen molar-refractivity contribution in [2.45, 2.75) is 52.4 Å². The third-order valence-corrected chi connectivity index (χ3v) is 2.85. The lowest BCUT2D eigenvalue weighted by Gasteiger charge is -2.10. The summed E-state index contributed by atoms with van der Waals surface area (Å²) in [6, 6.07) is 8.34. The van der Waals surface area contributed by atoms with Gasteiger partial charge in [-0.25, -0.2) is 0 Å². The maximum absolute atomic E-state index is 5.84. The molecule has 0 unspecified atom stereocenters. The number of benzene rings is 1. The van der Waals surface area contributed by atoms with Crippen LogP contribution in [0.4, 0.5) is 0 Å². The summed E-state index contributed by atoms with van der Waals surface area (Å²) >= 11 is 0. The van der Waals surface area contributed by atoms with Crippen LogP contribution in [0.3, 0.4) is 0 Å². The molecule has 0 fully saturated rings. The van der Waals surface area contributed by atoms with Crippen LogP contribution in [0.5, 0.6) is 5.75 Å². The number of hydrogen-bond acceptors (Lipinski definition) is 1. The fourth-order valence-corrected chi connectivity index (χ4v) is 1.78. The van der Waals surface area contributed by atoms with E-state index >= 15 is 0 Å². The van der Waals surface area contributed by atoms with Crippen molar-refractivity contribution in [2.24, 2.45) is 0 Å². The highest BCUT2D eigenvalue weighted by atomic mass is 16.5. The van der Waals surface area contributed by atoms with E-state index in [0.29, 0.717) is 0 Å². The predicted molar refractivity (Wildman–Crippen MR) is 74.4 cm³/mol. The van der Waals surface area contributed by atoms with Gasteiger partial charge < -0.3 is 4.74 Å². The predicted octanol–water partition coefficient (Wildman–Crippen LogP) is 5.00. The summed E-state index contributed by atoms with van der Waals surface area (Å²) in [6.07, 6.45) is 9.58. The summed E-state index contributed by atoms with van der Waals surface area (Å²) in [5.41, 5.74) is 1.25. The van der Waals surface area contributed by atoms with Gasteiger partial charge >= 0.3 is 0 Å². The van der Waals surface area contributed by atoms with Crippen molar-refractivity contribution in [3.05, 3.63) is 36.2 Å². The quantitative estimate of drug-likeness (QED) is 0.545. The van der Waals surface area contributed by atoms with Crippen LogP contribution in [0.2, 0.25) is 0 Å². The second kappa shape index (κ2) is 9.09. The number of hydrogen-bond donors (Lipinski definition) is 0. The van der Waals surface area contributed by atoms with Crippen molar-refractivity contribution in [1.82, 2.24) is 0 Å². The van der Waals surface area contributed by atoms with E-state index in [1.165, 1.54) is 31.2 Å². The monoisotopic (exact) mass is 233 g/mol. The van der Waals surface area contributed by atoms with Crippen LogP contribution in [0.1, 0.15) is 57.9 Å². The van der Waals surface area contributed by atoms with E-state index in [0.717, 1.165) is 25.2 Å². The Morgan fingerprint density at radius 1 is 1.00 bits per heavy atom. The molecule has 0 atom stereocenters. The molecule has 0 aliphatic carbocycles. The molecule has 17 heavy (non-hydrogen) atoms. The van der Waals surface area contributed by atoms with Gasteiger partial charge in [0.2, 0.25) is 0 Å². The van der Waals surface area contributed by atoms with E-state index in [1.54, 1.807) is 0 Å². The molecule has 0 heterocycles. The van der Waals surface area contributed by atoms with Gasteiger partial charge in [-0.2, -0.15) is 0 Å². The van der Waals surface area contributed by atoms with E-state index < -0.39 is 0 Å². The Hall–Kier alpha value is -0.980. The first-order valence-corrected chi connectivity index (χ1v) is 6.93. The summed E-state index contributed by atoms with van der Waals surface area (Å²) < 4.78 is 5.84. The lowest BCUT2D eigenvalue weighted by molar-refractivity contribution is 0.304. The molecule has 1 heteroatoms. The summed E-state index contributed by atoms with van der Waals surface area (Å²) in [5, 5.41) is 0. The number of rotatable bonds is 9. The molecule has 95 valence electrons. The first-order chi connectivity index (χ1) is 8.38. The molecule has 1 rings (SSSR count). The Kier molecular flexibility index (Phi) is 7.53. The fourth-order valence-electron chi connectivity index (χ4n) is 1.78. The van der Waals surface area contributed by atoms with E-state index in [9.17, 15) is 0 Å². The highest BCUT2D eigenvalue weighted by Gasteiger charge is 2.02. The Balaban J connectivity index is 2.40. The van der Waals surface area contributed by atoms with E-state index in [2.05, 4.69) is 38.5 Å². The molecule has 0 N–H and O–H groups in total. The largest absolute Gasteiger partial charge is 0.493 e. The van der Waals surface area contributed by atoms with Gasteiger partial charge in [0.05, 0.1) is 6.61 Å². The Morgan fingerprint density at radius 2 is 1.76 bits per heavy atom. The minimum Gasteiger partial charge on any atom is -0.493 e. The van der Waals surface area contributed by atoms with Gasteiger partial charge in [-0.1, -0.05) is 57.7 Å². The molecule has 0 saturated heterocycles. The molecule has 1 aromatic rings. The third-order valence-electron chi connectivity index (χ3n) is 2.85. The van der Waals surface area contributed by atoms with Gasteiger partial charge in [-0.15, -0.1) is 0 Å². The van der Waals surface area contributed by atoms with Gasteiger partial charge in [0.1, 0.15) is 5.75 Å². The number of para-hydroxylation sites is 1. The van der Waals surface area contributed by atoms with Crippen molar-refractivity contribution in [2.75, 3.05) is 6.61 Å². The SMILES string of the molecule is CCCC[CH]c1ccccc1OCCCCC. The minimum absolute atomic E-state index is 0.840. The highest BCUT2D eigenvalue weighted by Crippen LogP contribution is 2.22. The zero-order valence-corrected chi connectivity index (χ0v) is 11.2. The van der Waals surface area contributed by atoms with Crippen molar-refractivity contribution in [3.63, 3.8) is 0 Å². The molecule has 0 saturated carbocycles. The Labute approximate surface area is 106 Å². The van der Waals surface area contributed by atoms with Gasteiger partial charge in [0.15, 0.2) is 0 Å². The molecule has 1 aromatic carbocycles. The van der Waals surface area contributed by atoms with Crippen LogP contribution in [0, 0.1) is 6.42 Å². The maximum Gasteiger partial charge on any atom is 0.122 e. The molecule has 0 bridgehead atoms. The average Bonchev–Trinajstić information content (AvgIpc) is 2.36. The van der Waals surface area contributed by atoms with Crippen molar-refractivity contribution >= 4 is 0 Å². The Bertz CT molecular complexity index is 293. The molecular weight excluding hydrogens is 208 g/mol. The average molecular weight is 233 g/mol. The maximum atomic E-state index is 5.84. The second-order valence-corrected chi connectivity index (χ2v) is 4.44. The second-order valence-electron chi connectivity index (χ2n) is 4.44. The van der Waals surface area contributed by atoms with Crippen molar-refractivity contribution in [3.8, 4) is 5.75 Å². The molecule has 0 aliphatic rings. The molecule has 0 spiro atoms. The molecule has 0 aliphatic heterocycles. The first kappa shape index (κ1) is 14.1. The van der Waals surface area contributed by atoms with Crippen molar-refractivity contribution in [1.29, 1.82) is 0 Å². The molecule has 0 aromatic heterocycles. The van der Waals surface area contributed by atoms with Gasteiger partial charge in [-0.05, 0) is 30.9 Å². The normalized spacial score (nSPS) is 10.5. The highest BCUT2D eigenvalue weighted by molar-refractivity contribution is 5.38. The fraction of sp³-hybridized carbons (Fsp3) is 0.562. The van der Waals surface area contributed by atoms with Gasteiger partial charge in [0, 0.05) is 0 Å². The van der Waals surface area contributed by atoms with Crippen molar-refractivity contribution < 1.29 is 4.74 Å². The molecule has 1 radical (unpaired) electrons. The molecule has 0 amide bonds. The van der Waals surface area contributed by atoms with E-state index in [1.807, 2.05) is 6.07 Å². The third kappa shape index (κ3) is 5.76. The summed E-state index contributed by atoms with van der Waals surface area (Å²) in [7, 11) is 0. The summed E-state index contributed by atoms with van der Waals surface area (Å²) in [4.78, 5) is 0. The lowest BCUT2D eigenvalue weighted by Crippen LogP contribution is -1.99. The minimum atomic E-state index is 0.840. The van der Waals surface area contributed by atoms with Crippen LogP contribution in [-0.2, 0) is 0 Å². The van der Waals surface area contributed by atoms with Gasteiger partial charge in [-0.3, -0.25) is 0 Å². The molecular formula is C16H25O. The molecule has 1 nitrogen and oxygen atoms in total. The zero-order chi connectivity index (χ0) is 12.3. The number of unbranched alkanes of at least 4 members (excludes halogenated alkanes) is 4. The summed E-state index contributed by atoms with van der Waals surface area (Å²) in [6.45, 7) is 5.28.